The number of aryl methyl sites for hydroxylation is 2. The minimum absolute atomic E-state index is 0.0145. The van der Waals surface area contributed by atoms with Crippen molar-refractivity contribution in [3.8, 4) is 0 Å². The Balaban J connectivity index is 2.08. The molecule has 0 aliphatic carbocycles. The second-order valence-corrected chi connectivity index (χ2v) is 6.18. The summed E-state index contributed by atoms with van der Waals surface area (Å²) >= 11 is 0. The quantitative estimate of drug-likeness (QED) is 0.798. The number of nitrogens with zero attached hydrogens (tertiary/aromatic N) is 4. The lowest BCUT2D eigenvalue weighted by molar-refractivity contribution is -0.121. The third kappa shape index (κ3) is 3.58. The predicted octanol–water partition coefficient (Wildman–Crippen LogP) is 0.519. The van der Waals surface area contributed by atoms with Crippen LogP contribution in [0.15, 0.2) is 15.9 Å². The summed E-state index contributed by atoms with van der Waals surface area (Å²) in [5, 5.41) is 2.96. The van der Waals surface area contributed by atoms with Gasteiger partial charge < -0.3 is 9.88 Å². The van der Waals surface area contributed by atoms with Crippen LogP contribution in [0.5, 0.6) is 0 Å². The molecule has 1 amide bonds. The lowest BCUT2D eigenvalue weighted by Gasteiger charge is -2.12. The Hall–Kier alpha value is -2.38. The molecule has 1 N–H and O–H groups in total. The predicted molar refractivity (Wildman–Crippen MR) is 92.0 cm³/mol. The Labute approximate surface area is 140 Å². The fraction of sp³-hybridized carbons (Fsp3) is 0.625. The zero-order valence-electron chi connectivity index (χ0n) is 14.7. The summed E-state index contributed by atoms with van der Waals surface area (Å²) < 4.78 is 4.13. The number of fused-ring (bicyclic) bond motifs is 1. The van der Waals surface area contributed by atoms with E-state index in [4.69, 9.17) is 0 Å². The van der Waals surface area contributed by atoms with Crippen molar-refractivity contribution in [1.82, 2.24) is 24.0 Å². The van der Waals surface area contributed by atoms with E-state index >= 15 is 0 Å². The molecule has 0 spiro atoms. The molecule has 2 aromatic rings. The number of nitrogens with one attached hydrogen (secondary N) is 1. The van der Waals surface area contributed by atoms with Crippen LogP contribution in [-0.2, 0) is 25.4 Å². The molecule has 132 valence electrons. The van der Waals surface area contributed by atoms with Crippen molar-refractivity contribution in [1.29, 1.82) is 0 Å². The summed E-state index contributed by atoms with van der Waals surface area (Å²) in [5.74, 6) is 0.0145. The van der Waals surface area contributed by atoms with Crippen LogP contribution in [0.1, 0.15) is 39.5 Å². The van der Waals surface area contributed by atoms with Crippen LogP contribution in [0.4, 0.5) is 0 Å². The maximum Gasteiger partial charge on any atom is 0.332 e. The van der Waals surface area contributed by atoms with Gasteiger partial charge in [0.25, 0.3) is 5.56 Å². The lowest BCUT2D eigenvalue weighted by atomic mass is 10.2. The van der Waals surface area contributed by atoms with E-state index in [1.54, 1.807) is 17.9 Å². The van der Waals surface area contributed by atoms with Gasteiger partial charge in [-0.2, -0.15) is 0 Å². The maximum atomic E-state index is 12.3. The Morgan fingerprint density at radius 2 is 2.00 bits per heavy atom. The van der Waals surface area contributed by atoms with Crippen LogP contribution < -0.4 is 16.6 Å². The molecule has 1 atom stereocenters. The summed E-state index contributed by atoms with van der Waals surface area (Å²) in [6.45, 7) is 4.58. The average Bonchev–Trinajstić information content (AvgIpc) is 2.95. The fourth-order valence-corrected chi connectivity index (χ4v) is 2.83. The molecule has 2 aromatic heterocycles. The van der Waals surface area contributed by atoms with Gasteiger partial charge in [0.05, 0.1) is 6.33 Å². The molecule has 0 bridgehead atoms. The maximum absolute atomic E-state index is 12.3. The third-order valence-corrected chi connectivity index (χ3v) is 4.15. The first-order chi connectivity index (χ1) is 11.4. The molecule has 0 saturated heterocycles. The number of carbonyl (C=O) groups excluding carboxylic acids is 1. The van der Waals surface area contributed by atoms with Gasteiger partial charge in [-0.25, -0.2) is 9.78 Å². The van der Waals surface area contributed by atoms with E-state index < -0.39 is 5.69 Å². The van der Waals surface area contributed by atoms with Gasteiger partial charge in [0.1, 0.15) is 0 Å². The van der Waals surface area contributed by atoms with E-state index in [-0.39, 0.29) is 17.5 Å². The van der Waals surface area contributed by atoms with Gasteiger partial charge in [-0.1, -0.05) is 13.3 Å². The molecular formula is C16H25N5O3. The van der Waals surface area contributed by atoms with E-state index in [0.717, 1.165) is 17.4 Å². The van der Waals surface area contributed by atoms with Crippen LogP contribution in [0.25, 0.3) is 11.2 Å². The number of rotatable bonds is 7. The van der Waals surface area contributed by atoms with Crippen LogP contribution in [0, 0.1) is 0 Å². The molecule has 8 heteroatoms. The van der Waals surface area contributed by atoms with E-state index in [1.807, 2.05) is 6.92 Å². The van der Waals surface area contributed by atoms with Crippen molar-refractivity contribution in [2.24, 2.45) is 14.1 Å². The molecule has 0 aliphatic rings. The monoisotopic (exact) mass is 335 g/mol. The number of carbonyl (C=O) groups is 1. The first-order valence-electron chi connectivity index (χ1n) is 8.27. The zero-order chi connectivity index (χ0) is 17.9. The van der Waals surface area contributed by atoms with E-state index in [2.05, 4.69) is 17.2 Å². The Kier molecular flexibility index (Phi) is 5.58. The number of hydrogen-bond acceptors (Lipinski definition) is 4. The number of hydrogen-bond donors (Lipinski definition) is 1. The summed E-state index contributed by atoms with van der Waals surface area (Å²) in [4.78, 5) is 40.3. The standard InChI is InChI=1S/C16H25N5O3/c1-5-7-11(2)18-12(22)8-6-9-21-10-17-14-13(21)15(23)20(4)16(24)19(14)3/h10-11H,5-9H2,1-4H3,(H,18,22)/t11-/m1/s1. The first kappa shape index (κ1) is 18.0. The highest BCUT2D eigenvalue weighted by atomic mass is 16.2. The Morgan fingerprint density at radius 1 is 1.29 bits per heavy atom. The molecular weight excluding hydrogens is 310 g/mol. The molecule has 0 fully saturated rings. The van der Waals surface area contributed by atoms with Gasteiger partial charge in [0.2, 0.25) is 5.91 Å². The molecule has 8 nitrogen and oxygen atoms in total. The Bertz CT molecular complexity index is 846. The van der Waals surface area contributed by atoms with Crippen molar-refractivity contribution >= 4 is 17.1 Å². The van der Waals surface area contributed by atoms with Gasteiger partial charge in [-0.3, -0.25) is 18.7 Å². The van der Waals surface area contributed by atoms with Crippen molar-refractivity contribution in [2.75, 3.05) is 0 Å². The smallest absolute Gasteiger partial charge is 0.332 e. The van der Waals surface area contributed by atoms with Crippen molar-refractivity contribution in [3.05, 3.63) is 27.2 Å². The topological polar surface area (TPSA) is 90.9 Å². The first-order valence-corrected chi connectivity index (χ1v) is 8.27. The highest BCUT2D eigenvalue weighted by molar-refractivity contribution is 5.76. The minimum atomic E-state index is -0.401. The van der Waals surface area contributed by atoms with Gasteiger partial charge >= 0.3 is 5.69 Å². The van der Waals surface area contributed by atoms with Gasteiger partial charge in [-0.15, -0.1) is 0 Å². The lowest BCUT2D eigenvalue weighted by Crippen LogP contribution is -2.37. The molecule has 24 heavy (non-hydrogen) atoms. The van der Waals surface area contributed by atoms with Gasteiger partial charge in [0.15, 0.2) is 11.2 Å². The molecule has 0 saturated carbocycles. The molecule has 0 aliphatic heterocycles. The summed E-state index contributed by atoms with van der Waals surface area (Å²) in [5.41, 5.74) is -0.0165. The van der Waals surface area contributed by atoms with Crippen LogP contribution in [0.3, 0.4) is 0 Å². The minimum Gasteiger partial charge on any atom is -0.354 e. The van der Waals surface area contributed by atoms with Gasteiger partial charge in [-0.05, 0) is 19.8 Å². The number of aromatic nitrogens is 4. The van der Waals surface area contributed by atoms with Gasteiger partial charge in [0, 0.05) is 33.1 Å². The van der Waals surface area contributed by atoms with Crippen molar-refractivity contribution in [2.45, 2.75) is 52.1 Å². The Morgan fingerprint density at radius 3 is 2.67 bits per heavy atom. The zero-order valence-corrected chi connectivity index (χ0v) is 14.7. The molecule has 0 unspecified atom stereocenters. The van der Waals surface area contributed by atoms with E-state index in [0.29, 0.717) is 30.6 Å². The van der Waals surface area contributed by atoms with Crippen molar-refractivity contribution < 1.29 is 4.79 Å². The SMILES string of the molecule is CCC[C@@H](C)NC(=O)CCCn1cnc2c1c(=O)n(C)c(=O)n2C. The fourth-order valence-electron chi connectivity index (χ4n) is 2.83. The molecule has 0 aromatic carbocycles. The summed E-state index contributed by atoms with van der Waals surface area (Å²) in [7, 11) is 3.04. The second kappa shape index (κ2) is 7.46. The van der Waals surface area contributed by atoms with Crippen molar-refractivity contribution in [3.63, 3.8) is 0 Å². The molecule has 0 radical (unpaired) electrons. The normalized spacial score (nSPS) is 12.5. The van der Waals surface area contributed by atoms with E-state index in [9.17, 15) is 14.4 Å². The number of amides is 1. The highest BCUT2D eigenvalue weighted by Crippen LogP contribution is 2.07. The summed E-state index contributed by atoms with van der Waals surface area (Å²) in [6.07, 6.45) is 4.53. The second-order valence-electron chi connectivity index (χ2n) is 6.18. The number of imidazole rings is 1. The third-order valence-electron chi connectivity index (χ3n) is 4.15. The average molecular weight is 335 g/mol. The molecule has 2 rings (SSSR count). The molecule has 2 heterocycles. The summed E-state index contributed by atoms with van der Waals surface area (Å²) in [6, 6.07) is 0.179. The van der Waals surface area contributed by atoms with Crippen LogP contribution >= 0.6 is 0 Å². The van der Waals surface area contributed by atoms with Crippen LogP contribution in [-0.4, -0.2) is 30.6 Å². The van der Waals surface area contributed by atoms with E-state index in [1.165, 1.54) is 11.6 Å². The largest absolute Gasteiger partial charge is 0.354 e. The highest BCUT2D eigenvalue weighted by Gasteiger charge is 2.14. The van der Waals surface area contributed by atoms with Crippen LogP contribution in [0.2, 0.25) is 0 Å².